The van der Waals surface area contributed by atoms with Crippen LogP contribution in [0.4, 0.5) is 23.4 Å². The molecular formula is C25H30F4N4O. The first kappa shape index (κ1) is 21.1. The predicted molar refractivity (Wildman–Crippen MR) is 121 cm³/mol. The predicted octanol–water partition coefficient (Wildman–Crippen LogP) is 5.16. The Hall–Kier alpha value is -2.26. The lowest BCUT2D eigenvalue weighted by Gasteiger charge is -2.28. The smallest absolute Gasteiger partial charge is 0.381 e. The molecule has 0 amide bonds. The molecule has 184 valence electrons. The summed E-state index contributed by atoms with van der Waals surface area (Å²) >= 11 is 0. The molecule has 5 nitrogen and oxygen atoms in total. The van der Waals surface area contributed by atoms with Gasteiger partial charge in [0.25, 0.3) is 0 Å². The van der Waals surface area contributed by atoms with Crippen LogP contribution < -0.4 is 5.32 Å². The molecular weight excluding hydrogens is 448 g/mol. The molecule has 1 saturated carbocycles. The molecule has 3 heterocycles. The van der Waals surface area contributed by atoms with Gasteiger partial charge in [-0.05, 0) is 80.2 Å². The fraction of sp³-hybridized carbons (Fsp3) is 0.600. The zero-order valence-corrected chi connectivity index (χ0v) is 19.0. The second-order valence-electron chi connectivity index (χ2n) is 9.70. The van der Waals surface area contributed by atoms with E-state index in [1.807, 2.05) is 4.90 Å². The van der Waals surface area contributed by atoms with E-state index < -0.39 is 24.1 Å². The van der Waals surface area contributed by atoms with Crippen LogP contribution >= 0.6 is 0 Å². The molecule has 2 aromatic rings. The number of benzene rings is 1. The van der Waals surface area contributed by atoms with E-state index >= 15 is 0 Å². The van der Waals surface area contributed by atoms with E-state index in [0.717, 1.165) is 6.07 Å². The van der Waals surface area contributed by atoms with Crippen molar-refractivity contribution in [1.29, 1.82) is 0 Å². The van der Waals surface area contributed by atoms with Crippen LogP contribution in [0.25, 0.3) is 11.3 Å². The highest BCUT2D eigenvalue weighted by molar-refractivity contribution is 5.65. The van der Waals surface area contributed by atoms with Crippen LogP contribution in [0.2, 0.25) is 0 Å². The molecule has 0 radical (unpaired) electrons. The van der Waals surface area contributed by atoms with Crippen LogP contribution in [0.15, 0.2) is 24.3 Å². The number of anilines is 1. The fourth-order valence-electron chi connectivity index (χ4n) is 5.56. The van der Waals surface area contributed by atoms with Crippen LogP contribution in [-0.4, -0.2) is 53.9 Å². The zero-order valence-electron chi connectivity index (χ0n) is 21.0. The number of halogens is 4. The molecule has 0 spiro atoms. The molecule has 1 N–H and O–H groups in total. The number of ether oxygens (including phenoxy) is 1. The second-order valence-corrected chi connectivity index (χ2v) is 9.70. The van der Waals surface area contributed by atoms with Gasteiger partial charge in [-0.2, -0.15) is 13.2 Å². The van der Waals surface area contributed by atoms with Crippen molar-refractivity contribution in [3.63, 3.8) is 0 Å². The number of rotatable bonds is 5. The van der Waals surface area contributed by atoms with E-state index in [0.29, 0.717) is 63.1 Å². The summed E-state index contributed by atoms with van der Waals surface area (Å²) in [6.45, 7) is 2.59. The standard InChI is InChI=1S/C25H30F4N4O/c1-15-8-19(26)2-3-21(15)23-11-22(25(27,28)29)24(32-31-23)30-20-9-17-13-33(14-18(17)10-20)12-16-4-6-34-7-5-16/h2-3,8,11,16-18,20H,4-7,9-10,12-14H2,1H3,(H,30,32)/t17-,18+,20?/i12D2. The Balaban J connectivity index is 1.28. The van der Waals surface area contributed by atoms with E-state index in [1.165, 1.54) is 18.2 Å². The van der Waals surface area contributed by atoms with Crippen LogP contribution in [-0.2, 0) is 10.9 Å². The highest BCUT2D eigenvalue weighted by Crippen LogP contribution is 2.42. The van der Waals surface area contributed by atoms with Crippen molar-refractivity contribution < 1.29 is 25.0 Å². The molecule has 3 aliphatic rings. The number of aromatic nitrogens is 2. The van der Waals surface area contributed by atoms with Crippen molar-refractivity contribution in [3.05, 3.63) is 41.2 Å². The Morgan fingerprint density at radius 2 is 1.82 bits per heavy atom. The van der Waals surface area contributed by atoms with Gasteiger partial charge in [-0.15, -0.1) is 10.2 Å². The lowest BCUT2D eigenvalue weighted by atomic mass is 10.00. The number of fused-ring (bicyclic) bond motifs is 1. The zero-order chi connectivity index (χ0) is 25.7. The van der Waals surface area contributed by atoms with Crippen molar-refractivity contribution in [2.24, 2.45) is 17.8 Å². The van der Waals surface area contributed by atoms with Gasteiger partial charge in [0.15, 0.2) is 5.82 Å². The Labute approximate surface area is 199 Å². The van der Waals surface area contributed by atoms with E-state index in [4.69, 9.17) is 7.48 Å². The molecule has 1 unspecified atom stereocenters. The van der Waals surface area contributed by atoms with Crippen LogP contribution in [0.5, 0.6) is 0 Å². The van der Waals surface area contributed by atoms with Gasteiger partial charge < -0.3 is 15.0 Å². The minimum atomic E-state index is -4.63. The number of hydrogen-bond donors (Lipinski definition) is 1. The van der Waals surface area contributed by atoms with E-state index in [1.54, 1.807) is 6.92 Å². The molecule has 3 fully saturated rings. The molecule has 1 aromatic heterocycles. The van der Waals surface area contributed by atoms with Crippen LogP contribution in [0, 0.1) is 30.5 Å². The first-order chi connectivity index (χ1) is 17.0. The van der Waals surface area contributed by atoms with Gasteiger partial charge in [0.05, 0.1) is 5.69 Å². The molecule has 2 saturated heterocycles. The Bertz CT molecular complexity index is 1100. The van der Waals surface area contributed by atoms with Gasteiger partial charge in [0.1, 0.15) is 11.4 Å². The van der Waals surface area contributed by atoms with Gasteiger partial charge in [-0.25, -0.2) is 4.39 Å². The summed E-state index contributed by atoms with van der Waals surface area (Å²) in [5.74, 6) is -0.385. The maximum Gasteiger partial charge on any atom is 0.420 e. The minimum absolute atomic E-state index is 0.0413. The Morgan fingerprint density at radius 1 is 1.12 bits per heavy atom. The first-order valence-electron chi connectivity index (χ1n) is 12.8. The lowest BCUT2D eigenvalue weighted by Crippen LogP contribution is -2.32. The maximum absolute atomic E-state index is 13.9. The Kier molecular flexibility index (Phi) is 5.83. The minimum Gasteiger partial charge on any atom is -0.381 e. The molecule has 34 heavy (non-hydrogen) atoms. The summed E-state index contributed by atoms with van der Waals surface area (Å²) in [5, 5.41) is 10.9. The van der Waals surface area contributed by atoms with E-state index in [9.17, 15) is 17.6 Å². The summed E-state index contributed by atoms with van der Waals surface area (Å²) in [5.41, 5.74) is 0.0209. The lowest BCUT2D eigenvalue weighted by molar-refractivity contribution is -0.137. The first-order valence-corrected chi connectivity index (χ1v) is 11.8. The molecule has 5 rings (SSSR count). The number of nitrogens with zero attached hydrogens (tertiary/aromatic N) is 3. The molecule has 0 bridgehead atoms. The largest absolute Gasteiger partial charge is 0.420 e. The average Bonchev–Trinajstić information content (AvgIpc) is 3.39. The Morgan fingerprint density at radius 3 is 2.47 bits per heavy atom. The molecule has 2 aliphatic heterocycles. The summed E-state index contributed by atoms with van der Waals surface area (Å²) in [7, 11) is 0. The number of likely N-dealkylation sites (tertiary alicyclic amines) is 1. The van der Waals surface area contributed by atoms with Gasteiger partial charge in [-0.3, -0.25) is 0 Å². The van der Waals surface area contributed by atoms with Crippen molar-refractivity contribution >= 4 is 5.82 Å². The van der Waals surface area contributed by atoms with Crippen molar-refractivity contribution in [2.45, 2.75) is 44.8 Å². The fourth-order valence-corrected chi connectivity index (χ4v) is 5.56. The molecule has 1 aromatic carbocycles. The second kappa shape index (κ2) is 9.41. The summed E-state index contributed by atoms with van der Waals surface area (Å²) < 4.78 is 78.1. The number of hydrogen-bond acceptors (Lipinski definition) is 5. The molecule has 3 atom stereocenters. The van der Waals surface area contributed by atoms with Gasteiger partial charge in [-0.1, -0.05) is 0 Å². The molecule has 9 heteroatoms. The quantitative estimate of drug-likeness (QED) is 0.600. The maximum atomic E-state index is 13.9. The van der Waals surface area contributed by atoms with Crippen LogP contribution in [0.3, 0.4) is 0 Å². The van der Waals surface area contributed by atoms with Gasteiger partial charge in [0.2, 0.25) is 0 Å². The number of alkyl halides is 3. The van der Waals surface area contributed by atoms with Gasteiger partial charge >= 0.3 is 6.18 Å². The number of aryl methyl sites for hydroxylation is 1. The van der Waals surface area contributed by atoms with Crippen molar-refractivity contribution in [3.8, 4) is 11.3 Å². The molecule has 1 aliphatic carbocycles. The van der Waals surface area contributed by atoms with Crippen molar-refractivity contribution in [1.82, 2.24) is 15.1 Å². The third-order valence-corrected chi connectivity index (χ3v) is 7.24. The van der Waals surface area contributed by atoms with Crippen LogP contribution in [0.1, 0.15) is 39.6 Å². The SMILES string of the molecule is [2H]C([2H])(C1CCOCC1)N1C[C@H]2CC(Nc3nnc(-c4ccc(F)cc4C)cc3C(F)(F)F)C[C@H]2C1. The summed E-state index contributed by atoms with van der Waals surface area (Å²) in [4.78, 5) is 1.93. The average molecular weight is 481 g/mol. The topological polar surface area (TPSA) is 50.3 Å². The summed E-state index contributed by atoms with van der Waals surface area (Å²) in [6.07, 6.45) is -1.91. The van der Waals surface area contributed by atoms with E-state index in [-0.39, 0.29) is 35.3 Å². The third-order valence-electron chi connectivity index (χ3n) is 7.24. The highest BCUT2D eigenvalue weighted by atomic mass is 19.4. The normalized spacial score (nSPS) is 27.4. The third kappa shape index (κ3) is 5.05. The van der Waals surface area contributed by atoms with Gasteiger partial charge in [0, 0.05) is 47.1 Å². The van der Waals surface area contributed by atoms with Crippen molar-refractivity contribution in [2.75, 3.05) is 38.1 Å². The number of nitrogens with one attached hydrogen (secondary N) is 1. The monoisotopic (exact) mass is 480 g/mol. The van der Waals surface area contributed by atoms with E-state index in [2.05, 4.69) is 15.5 Å². The highest BCUT2D eigenvalue weighted by Gasteiger charge is 2.43. The summed E-state index contributed by atoms with van der Waals surface area (Å²) in [6, 6.07) is 4.63.